The van der Waals surface area contributed by atoms with Crippen molar-refractivity contribution in [2.45, 2.75) is 64.2 Å². The van der Waals surface area contributed by atoms with Gasteiger partial charge in [-0.15, -0.1) is 0 Å². The Kier molecular flexibility index (Phi) is 11.3. The molecule has 0 saturated carbocycles. The van der Waals surface area contributed by atoms with Gasteiger partial charge in [0.05, 0.1) is 32.5 Å². The zero-order valence-electron chi connectivity index (χ0n) is 23.8. The second-order valence-corrected chi connectivity index (χ2v) is 10.5. The van der Waals surface area contributed by atoms with Crippen molar-refractivity contribution in [3.8, 4) is 0 Å². The van der Waals surface area contributed by atoms with Crippen LogP contribution in [-0.4, -0.2) is 44.1 Å². The Morgan fingerprint density at radius 3 is 2.27 bits per heavy atom. The Bertz CT molecular complexity index is 1220. The van der Waals surface area contributed by atoms with Crippen LogP contribution in [0.4, 0.5) is 0 Å². The number of fused-ring (bicyclic) bond motifs is 1. The van der Waals surface area contributed by atoms with E-state index in [1.54, 1.807) is 12.1 Å². The Morgan fingerprint density at radius 2 is 1.55 bits per heavy atom. The summed E-state index contributed by atoms with van der Waals surface area (Å²) in [6.07, 6.45) is 6.78. The number of carbonyl (C=O) groups is 2. The third-order valence-corrected chi connectivity index (χ3v) is 7.57. The molecule has 0 bridgehead atoms. The van der Waals surface area contributed by atoms with Gasteiger partial charge in [-0.2, -0.15) is 0 Å². The molecule has 1 aliphatic rings. The molecule has 0 fully saturated rings. The van der Waals surface area contributed by atoms with Crippen molar-refractivity contribution >= 4 is 11.9 Å². The summed E-state index contributed by atoms with van der Waals surface area (Å²) in [7, 11) is 2.82. The number of ether oxygens (including phenoxy) is 3. The van der Waals surface area contributed by atoms with Crippen molar-refractivity contribution in [3.63, 3.8) is 0 Å². The fourth-order valence-electron chi connectivity index (χ4n) is 5.29. The summed E-state index contributed by atoms with van der Waals surface area (Å²) in [6.45, 7) is 2.76. The summed E-state index contributed by atoms with van der Waals surface area (Å²) in [5.74, 6) is -0.522. The number of methoxy groups -OCH3 is 2. The van der Waals surface area contributed by atoms with Crippen molar-refractivity contribution in [1.29, 1.82) is 0 Å². The standard InChI is InChI=1S/C34H41NO5/c1-38-33(36)14-8-9-21-35(23-26-15-19-30(20-16-26)34(37)39-2)24-32(29-11-4-3-5-12-29)40-25-27-17-18-28-10-6-7-13-31(28)22-27/h3-5,11-12,15-20,22,32H,6-10,13-14,21,23-25H2,1-2H3. The number of hydrogen-bond donors (Lipinski definition) is 0. The molecule has 0 spiro atoms. The Morgan fingerprint density at radius 1 is 0.825 bits per heavy atom. The number of rotatable bonds is 14. The minimum absolute atomic E-state index is 0.118. The lowest BCUT2D eigenvalue weighted by Gasteiger charge is -2.28. The smallest absolute Gasteiger partial charge is 0.337 e. The van der Waals surface area contributed by atoms with Gasteiger partial charge in [0.15, 0.2) is 0 Å². The summed E-state index contributed by atoms with van der Waals surface area (Å²) < 4.78 is 16.3. The minimum Gasteiger partial charge on any atom is -0.469 e. The maximum absolute atomic E-state index is 11.9. The second-order valence-electron chi connectivity index (χ2n) is 10.5. The number of benzene rings is 3. The van der Waals surface area contributed by atoms with E-state index in [0.717, 1.165) is 36.9 Å². The predicted octanol–water partition coefficient (Wildman–Crippen LogP) is 6.46. The molecule has 6 heteroatoms. The van der Waals surface area contributed by atoms with Crippen molar-refractivity contribution in [2.75, 3.05) is 27.3 Å². The van der Waals surface area contributed by atoms with Gasteiger partial charge in [0.1, 0.15) is 0 Å². The SMILES string of the molecule is COC(=O)CCCCN(Cc1ccc(C(=O)OC)cc1)CC(OCc1ccc2c(c1)CCCC2)c1ccccc1. The molecule has 1 atom stereocenters. The zero-order valence-corrected chi connectivity index (χ0v) is 23.8. The second kappa shape index (κ2) is 15.3. The van der Waals surface area contributed by atoms with Crippen LogP contribution >= 0.6 is 0 Å². The summed E-state index contributed by atoms with van der Waals surface area (Å²) >= 11 is 0. The fraction of sp³-hybridized carbons (Fsp3) is 0.412. The van der Waals surface area contributed by atoms with Crippen LogP contribution in [0.25, 0.3) is 0 Å². The first-order chi connectivity index (χ1) is 19.6. The lowest BCUT2D eigenvalue weighted by molar-refractivity contribution is -0.140. The fourth-order valence-corrected chi connectivity index (χ4v) is 5.29. The first-order valence-electron chi connectivity index (χ1n) is 14.3. The predicted molar refractivity (Wildman–Crippen MR) is 156 cm³/mol. The van der Waals surface area contributed by atoms with Gasteiger partial charge in [-0.1, -0.05) is 60.7 Å². The van der Waals surface area contributed by atoms with Crippen molar-refractivity contribution in [2.24, 2.45) is 0 Å². The van der Waals surface area contributed by atoms with Crippen LogP contribution in [0, 0.1) is 0 Å². The lowest BCUT2D eigenvalue weighted by Crippen LogP contribution is -2.30. The van der Waals surface area contributed by atoms with Gasteiger partial charge in [0.25, 0.3) is 0 Å². The molecular weight excluding hydrogens is 502 g/mol. The summed E-state index contributed by atoms with van der Waals surface area (Å²) in [4.78, 5) is 25.9. The van der Waals surface area contributed by atoms with E-state index in [-0.39, 0.29) is 18.0 Å². The molecule has 0 aromatic heterocycles. The molecule has 212 valence electrons. The first-order valence-corrected chi connectivity index (χ1v) is 14.3. The van der Waals surface area contributed by atoms with Crippen LogP contribution in [0.15, 0.2) is 72.8 Å². The molecule has 0 radical (unpaired) electrons. The normalized spacial score (nSPS) is 13.5. The summed E-state index contributed by atoms with van der Waals surface area (Å²) in [5, 5.41) is 0. The van der Waals surface area contributed by atoms with Gasteiger partial charge in [-0.3, -0.25) is 9.69 Å². The zero-order chi connectivity index (χ0) is 28.2. The van der Waals surface area contributed by atoms with Crippen LogP contribution < -0.4 is 0 Å². The summed E-state index contributed by atoms with van der Waals surface area (Å²) in [6, 6.07) is 24.7. The van der Waals surface area contributed by atoms with Gasteiger partial charge in [0, 0.05) is 19.5 Å². The maximum atomic E-state index is 11.9. The van der Waals surface area contributed by atoms with E-state index in [2.05, 4.69) is 47.4 Å². The molecule has 40 heavy (non-hydrogen) atoms. The van der Waals surface area contributed by atoms with E-state index < -0.39 is 0 Å². The van der Waals surface area contributed by atoms with Crippen molar-refractivity contribution < 1.29 is 23.8 Å². The molecule has 1 aliphatic carbocycles. The third-order valence-electron chi connectivity index (χ3n) is 7.57. The quantitative estimate of drug-likeness (QED) is 0.172. The number of aryl methyl sites for hydroxylation is 2. The average Bonchev–Trinajstić information content (AvgIpc) is 3.01. The molecule has 6 nitrogen and oxygen atoms in total. The topological polar surface area (TPSA) is 65.1 Å². The van der Waals surface area contributed by atoms with E-state index in [1.165, 1.54) is 50.2 Å². The van der Waals surface area contributed by atoms with Crippen LogP contribution in [-0.2, 0) is 45.0 Å². The number of nitrogens with zero attached hydrogens (tertiary/aromatic N) is 1. The number of esters is 2. The minimum atomic E-state index is -0.342. The molecule has 0 heterocycles. The molecule has 3 aromatic carbocycles. The Hall–Kier alpha value is -3.48. The van der Waals surface area contributed by atoms with E-state index in [9.17, 15) is 9.59 Å². The third kappa shape index (κ3) is 8.77. The van der Waals surface area contributed by atoms with Gasteiger partial charge in [-0.05, 0) is 85.0 Å². The van der Waals surface area contributed by atoms with Gasteiger partial charge in [-0.25, -0.2) is 4.79 Å². The van der Waals surface area contributed by atoms with Crippen molar-refractivity contribution in [1.82, 2.24) is 4.90 Å². The van der Waals surface area contributed by atoms with Gasteiger partial charge in [0.2, 0.25) is 0 Å². The van der Waals surface area contributed by atoms with Crippen LogP contribution in [0.5, 0.6) is 0 Å². The average molecular weight is 544 g/mol. The van der Waals surface area contributed by atoms with Crippen LogP contribution in [0.1, 0.15) is 76.4 Å². The molecule has 3 aromatic rings. The van der Waals surface area contributed by atoms with E-state index in [0.29, 0.717) is 31.7 Å². The number of carbonyl (C=O) groups excluding carboxylic acids is 2. The van der Waals surface area contributed by atoms with Crippen LogP contribution in [0.2, 0.25) is 0 Å². The Balaban J connectivity index is 1.48. The number of hydrogen-bond acceptors (Lipinski definition) is 6. The molecule has 0 aliphatic heterocycles. The highest BCUT2D eigenvalue weighted by atomic mass is 16.5. The van der Waals surface area contributed by atoms with Crippen LogP contribution in [0.3, 0.4) is 0 Å². The lowest BCUT2D eigenvalue weighted by atomic mass is 9.90. The maximum Gasteiger partial charge on any atom is 0.337 e. The molecular formula is C34H41NO5. The molecule has 0 amide bonds. The van der Waals surface area contributed by atoms with Gasteiger partial charge >= 0.3 is 11.9 Å². The molecule has 0 N–H and O–H groups in total. The first kappa shape index (κ1) is 29.5. The van der Waals surface area contributed by atoms with Crippen molar-refractivity contribution in [3.05, 3.63) is 106 Å². The highest BCUT2D eigenvalue weighted by molar-refractivity contribution is 5.89. The summed E-state index contributed by atoms with van der Waals surface area (Å²) in [5.41, 5.74) is 6.93. The van der Waals surface area contributed by atoms with E-state index in [4.69, 9.17) is 14.2 Å². The van der Waals surface area contributed by atoms with E-state index in [1.807, 2.05) is 18.2 Å². The number of unbranched alkanes of at least 4 members (excludes halogenated alkanes) is 1. The largest absolute Gasteiger partial charge is 0.469 e. The van der Waals surface area contributed by atoms with E-state index >= 15 is 0 Å². The molecule has 1 unspecified atom stereocenters. The highest BCUT2D eigenvalue weighted by Crippen LogP contribution is 2.26. The van der Waals surface area contributed by atoms with Gasteiger partial charge < -0.3 is 14.2 Å². The molecule has 0 saturated heterocycles. The highest BCUT2D eigenvalue weighted by Gasteiger charge is 2.19. The Labute approximate surface area is 238 Å². The monoisotopic (exact) mass is 543 g/mol. The molecule has 4 rings (SSSR count).